The standard InChI is InChI=1S/C25H19Cl2N3O6S/c1-13-21(27)11-17(12-22(13)37(33,34)35)29-30-23-19-6-4-3-5-14(19)7-20(24(23)31)25(32)28-16-8-15(26)9-18(10-16)36-2/h3-12,31H,1-2H3,(H,28,32)(H,33,34,35). The third-order valence-electron chi connectivity index (χ3n) is 5.43. The van der Waals surface area contributed by atoms with Crippen LogP contribution in [0.5, 0.6) is 11.5 Å². The van der Waals surface area contributed by atoms with Gasteiger partial charge in [-0.25, -0.2) is 0 Å². The second-order valence-corrected chi connectivity index (χ2v) is 10.1. The lowest BCUT2D eigenvalue weighted by Gasteiger charge is -2.12. The lowest BCUT2D eigenvalue weighted by molar-refractivity contribution is 0.102. The Morgan fingerprint density at radius 3 is 2.46 bits per heavy atom. The van der Waals surface area contributed by atoms with E-state index in [-0.39, 0.29) is 27.5 Å². The molecule has 0 unspecified atom stereocenters. The maximum Gasteiger partial charge on any atom is 0.294 e. The first-order chi connectivity index (χ1) is 17.5. The molecule has 0 heterocycles. The molecule has 3 N–H and O–H groups in total. The lowest BCUT2D eigenvalue weighted by atomic mass is 10.0. The van der Waals surface area contributed by atoms with Crippen molar-refractivity contribution in [2.45, 2.75) is 11.8 Å². The summed E-state index contributed by atoms with van der Waals surface area (Å²) in [5, 5.41) is 23.3. The third kappa shape index (κ3) is 5.67. The van der Waals surface area contributed by atoms with Crippen molar-refractivity contribution in [2.24, 2.45) is 10.2 Å². The molecule has 0 saturated heterocycles. The van der Waals surface area contributed by atoms with Crippen molar-refractivity contribution in [1.29, 1.82) is 0 Å². The van der Waals surface area contributed by atoms with Gasteiger partial charge in [0.15, 0.2) is 5.75 Å². The molecule has 0 aromatic heterocycles. The fourth-order valence-electron chi connectivity index (χ4n) is 3.62. The van der Waals surface area contributed by atoms with E-state index in [1.807, 2.05) is 0 Å². The Balaban J connectivity index is 1.80. The number of nitrogens with zero attached hydrogens (tertiary/aromatic N) is 2. The number of phenols is 1. The first-order valence-corrected chi connectivity index (χ1v) is 12.8. The van der Waals surface area contributed by atoms with Gasteiger partial charge in [0.1, 0.15) is 16.3 Å². The van der Waals surface area contributed by atoms with Gasteiger partial charge in [-0.05, 0) is 48.2 Å². The van der Waals surface area contributed by atoms with Crippen molar-refractivity contribution in [3.05, 3.63) is 81.8 Å². The van der Waals surface area contributed by atoms with Crippen LogP contribution in [0.1, 0.15) is 15.9 Å². The highest BCUT2D eigenvalue weighted by Crippen LogP contribution is 2.40. The van der Waals surface area contributed by atoms with E-state index in [0.717, 1.165) is 6.07 Å². The number of ether oxygens (including phenoxy) is 1. The summed E-state index contributed by atoms with van der Waals surface area (Å²) in [6, 6.07) is 15.5. The number of nitrogens with one attached hydrogen (secondary N) is 1. The number of azo groups is 1. The van der Waals surface area contributed by atoms with E-state index >= 15 is 0 Å². The minimum absolute atomic E-state index is 0.00702. The van der Waals surface area contributed by atoms with Crippen molar-refractivity contribution in [3.63, 3.8) is 0 Å². The number of benzene rings is 4. The number of aromatic hydroxyl groups is 1. The Labute approximate surface area is 222 Å². The third-order valence-corrected chi connectivity index (χ3v) is 7.02. The van der Waals surface area contributed by atoms with E-state index in [1.54, 1.807) is 36.4 Å². The first kappa shape index (κ1) is 26.4. The van der Waals surface area contributed by atoms with Crippen LogP contribution >= 0.6 is 23.2 Å². The van der Waals surface area contributed by atoms with Gasteiger partial charge in [0, 0.05) is 27.2 Å². The number of methoxy groups -OCH3 is 1. The quantitative estimate of drug-likeness (QED) is 0.170. The van der Waals surface area contributed by atoms with E-state index < -0.39 is 26.7 Å². The summed E-state index contributed by atoms with van der Waals surface area (Å²) >= 11 is 12.2. The van der Waals surface area contributed by atoms with Gasteiger partial charge in [-0.1, -0.05) is 47.5 Å². The smallest absolute Gasteiger partial charge is 0.294 e. The number of hydrogen-bond donors (Lipinski definition) is 3. The fourth-order valence-corrected chi connectivity index (χ4v) is 4.88. The van der Waals surface area contributed by atoms with Crippen LogP contribution in [0.4, 0.5) is 17.1 Å². The summed E-state index contributed by atoms with van der Waals surface area (Å²) in [5.41, 5.74) is 0.376. The molecule has 0 radical (unpaired) electrons. The second kappa shape index (κ2) is 10.3. The van der Waals surface area contributed by atoms with Crippen molar-refractivity contribution < 1.29 is 27.6 Å². The molecule has 0 bridgehead atoms. The molecule has 190 valence electrons. The van der Waals surface area contributed by atoms with Gasteiger partial charge in [0.25, 0.3) is 16.0 Å². The normalized spacial score (nSPS) is 11.7. The number of phenolic OH excluding ortho intramolecular Hbond substituents is 1. The number of carbonyl (C=O) groups is 1. The SMILES string of the molecule is COc1cc(Cl)cc(NC(=O)c2cc3ccccc3c(N=Nc3cc(Cl)c(C)c(S(=O)(=O)O)c3)c2O)c1. The summed E-state index contributed by atoms with van der Waals surface area (Å²) in [6.45, 7) is 1.43. The Morgan fingerprint density at radius 2 is 1.76 bits per heavy atom. The molecule has 37 heavy (non-hydrogen) atoms. The highest BCUT2D eigenvalue weighted by atomic mass is 35.5. The lowest BCUT2D eigenvalue weighted by Crippen LogP contribution is -2.12. The molecule has 0 aliphatic carbocycles. The average molecular weight is 560 g/mol. The molecule has 9 nitrogen and oxygen atoms in total. The van der Waals surface area contributed by atoms with Crippen LogP contribution in [-0.2, 0) is 10.1 Å². The van der Waals surface area contributed by atoms with Crippen molar-refractivity contribution in [1.82, 2.24) is 0 Å². The monoisotopic (exact) mass is 559 g/mol. The molecule has 0 aliphatic rings. The Morgan fingerprint density at radius 1 is 1.03 bits per heavy atom. The van der Waals surface area contributed by atoms with Crippen LogP contribution in [0.3, 0.4) is 0 Å². The van der Waals surface area contributed by atoms with Crippen LogP contribution in [0.15, 0.2) is 75.8 Å². The van der Waals surface area contributed by atoms with Crippen LogP contribution in [0.25, 0.3) is 10.8 Å². The Hall–Kier alpha value is -3.70. The number of rotatable bonds is 6. The van der Waals surface area contributed by atoms with Gasteiger partial charge in [-0.2, -0.15) is 13.5 Å². The van der Waals surface area contributed by atoms with Crippen LogP contribution < -0.4 is 10.1 Å². The minimum Gasteiger partial charge on any atom is -0.505 e. The Kier molecular flexibility index (Phi) is 7.37. The maximum absolute atomic E-state index is 13.1. The molecular weight excluding hydrogens is 541 g/mol. The number of halogens is 2. The van der Waals surface area contributed by atoms with Crippen molar-refractivity contribution >= 4 is 67.1 Å². The summed E-state index contributed by atoms with van der Waals surface area (Å²) < 4.78 is 38.1. The van der Waals surface area contributed by atoms with E-state index in [0.29, 0.717) is 27.2 Å². The average Bonchev–Trinajstić information content (AvgIpc) is 2.83. The molecule has 0 spiro atoms. The molecule has 12 heteroatoms. The second-order valence-electron chi connectivity index (χ2n) is 7.90. The van der Waals surface area contributed by atoms with E-state index in [9.17, 15) is 22.9 Å². The number of amides is 1. The highest BCUT2D eigenvalue weighted by Gasteiger charge is 2.20. The predicted octanol–water partition coefficient (Wildman–Crippen LogP) is 7.08. The molecule has 0 fully saturated rings. The minimum atomic E-state index is -4.57. The largest absolute Gasteiger partial charge is 0.505 e. The molecule has 0 atom stereocenters. The molecule has 0 aliphatic heterocycles. The summed E-state index contributed by atoms with van der Waals surface area (Å²) in [4.78, 5) is 12.7. The van der Waals surface area contributed by atoms with Gasteiger partial charge in [-0.3, -0.25) is 9.35 Å². The number of carbonyl (C=O) groups excluding carboxylic acids is 1. The van der Waals surface area contributed by atoms with Gasteiger partial charge >= 0.3 is 0 Å². The van der Waals surface area contributed by atoms with Crippen LogP contribution in [0.2, 0.25) is 10.0 Å². The van der Waals surface area contributed by atoms with Crippen LogP contribution in [0, 0.1) is 6.92 Å². The first-order valence-electron chi connectivity index (χ1n) is 10.6. The molecular formula is C25H19Cl2N3O6S. The topological polar surface area (TPSA) is 138 Å². The van der Waals surface area contributed by atoms with Crippen LogP contribution in [-0.4, -0.2) is 31.1 Å². The molecule has 4 aromatic carbocycles. The summed E-state index contributed by atoms with van der Waals surface area (Å²) in [7, 11) is -3.10. The van der Waals surface area contributed by atoms with E-state index in [1.165, 1.54) is 32.2 Å². The molecule has 4 rings (SSSR count). The number of fused-ring (bicyclic) bond motifs is 1. The molecule has 0 saturated carbocycles. The van der Waals surface area contributed by atoms with Crippen molar-refractivity contribution in [3.8, 4) is 11.5 Å². The summed E-state index contributed by atoms with van der Waals surface area (Å²) in [5.74, 6) is -0.667. The fraction of sp³-hybridized carbons (Fsp3) is 0.0800. The number of anilines is 1. The zero-order chi connectivity index (χ0) is 26.9. The van der Waals surface area contributed by atoms with E-state index in [4.69, 9.17) is 27.9 Å². The van der Waals surface area contributed by atoms with E-state index in [2.05, 4.69) is 15.5 Å². The van der Waals surface area contributed by atoms with Gasteiger partial charge in [-0.15, -0.1) is 5.11 Å². The van der Waals surface area contributed by atoms with Gasteiger partial charge < -0.3 is 15.2 Å². The Bertz CT molecular complexity index is 1690. The zero-order valence-electron chi connectivity index (χ0n) is 19.4. The van der Waals surface area contributed by atoms with Crippen molar-refractivity contribution in [2.75, 3.05) is 12.4 Å². The maximum atomic E-state index is 13.1. The molecule has 1 amide bonds. The molecule has 4 aromatic rings. The number of hydrogen-bond acceptors (Lipinski definition) is 7. The predicted molar refractivity (Wildman–Crippen MR) is 142 cm³/mol. The highest BCUT2D eigenvalue weighted by molar-refractivity contribution is 7.85. The summed E-state index contributed by atoms with van der Waals surface area (Å²) in [6.07, 6.45) is 0. The van der Waals surface area contributed by atoms with Gasteiger partial charge in [0.05, 0.1) is 18.4 Å². The zero-order valence-corrected chi connectivity index (χ0v) is 21.7. The van der Waals surface area contributed by atoms with Gasteiger partial charge in [0.2, 0.25) is 0 Å².